The van der Waals surface area contributed by atoms with E-state index in [0.717, 1.165) is 28.2 Å². The first-order valence-corrected chi connectivity index (χ1v) is 14.4. The standard InChI is InChI=1S/C29H28Cl2N4O3S/c1-21-18-24(22(2)35(21)27-15-9-14-26(30)29(27)31)19-32-33-28(36)20-34(17-16-23-10-5-3-6-11-23)39(37,38)25-12-7-4-8-13-25/h3-15,18-19H,16-17,20H2,1-2H3,(H,33,36)/b32-19+. The summed E-state index contributed by atoms with van der Waals surface area (Å²) in [6.07, 6.45) is 1.98. The predicted molar refractivity (Wildman–Crippen MR) is 156 cm³/mol. The molecule has 0 atom stereocenters. The lowest BCUT2D eigenvalue weighted by Gasteiger charge is -2.21. The van der Waals surface area contributed by atoms with Gasteiger partial charge in [-0.25, -0.2) is 13.8 Å². The molecule has 0 unspecified atom stereocenters. The lowest BCUT2D eigenvalue weighted by Crippen LogP contribution is -2.40. The molecule has 0 radical (unpaired) electrons. The van der Waals surface area contributed by atoms with Crippen LogP contribution in [0.15, 0.2) is 94.9 Å². The number of rotatable bonds is 10. The van der Waals surface area contributed by atoms with E-state index in [1.54, 1.807) is 24.3 Å². The van der Waals surface area contributed by atoms with E-state index in [1.165, 1.54) is 22.7 Å². The summed E-state index contributed by atoms with van der Waals surface area (Å²) in [5, 5.41) is 4.99. The zero-order valence-corrected chi connectivity index (χ0v) is 23.8. The summed E-state index contributed by atoms with van der Waals surface area (Å²) in [5.41, 5.74) is 6.70. The van der Waals surface area contributed by atoms with Crippen LogP contribution in [0.5, 0.6) is 0 Å². The average molecular weight is 584 g/mol. The van der Waals surface area contributed by atoms with Gasteiger partial charge in [-0.05, 0) is 56.2 Å². The SMILES string of the molecule is Cc1cc(/C=N/NC(=O)CN(CCc2ccccc2)S(=O)(=O)c2ccccc2)c(C)n1-c1cccc(Cl)c1Cl. The Labute approximate surface area is 238 Å². The number of sulfonamides is 1. The molecule has 1 heterocycles. The first-order chi connectivity index (χ1) is 18.7. The number of carbonyl (C=O) groups is 1. The van der Waals surface area contributed by atoms with Crippen molar-refractivity contribution in [2.45, 2.75) is 25.2 Å². The van der Waals surface area contributed by atoms with Crippen molar-refractivity contribution in [2.75, 3.05) is 13.1 Å². The minimum Gasteiger partial charge on any atom is -0.316 e. The van der Waals surface area contributed by atoms with E-state index in [0.29, 0.717) is 16.5 Å². The molecule has 0 aliphatic rings. The third-order valence-electron chi connectivity index (χ3n) is 6.23. The van der Waals surface area contributed by atoms with Gasteiger partial charge in [0.25, 0.3) is 5.91 Å². The molecule has 1 N–H and O–H groups in total. The fourth-order valence-electron chi connectivity index (χ4n) is 4.25. The molecule has 0 bridgehead atoms. The molecule has 39 heavy (non-hydrogen) atoms. The van der Waals surface area contributed by atoms with Crippen LogP contribution in [-0.4, -0.2) is 42.5 Å². The third-order valence-corrected chi connectivity index (χ3v) is 8.90. The molecule has 1 amide bonds. The van der Waals surface area contributed by atoms with Gasteiger partial charge < -0.3 is 4.57 Å². The van der Waals surface area contributed by atoms with Crippen LogP contribution in [0.2, 0.25) is 10.0 Å². The Balaban J connectivity index is 1.49. The van der Waals surface area contributed by atoms with Crippen LogP contribution >= 0.6 is 23.2 Å². The molecule has 1 aromatic heterocycles. The smallest absolute Gasteiger partial charge is 0.255 e. The van der Waals surface area contributed by atoms with Crippen molar-refractivity contribution in [1.29, 1.82) is 0 Å². The lowest BCUT2D eigenvalue weighted by atomic mass is 10.1. The molecule has 0 aliphatic carbocycles. The Hall–Kier alpha value is -3.43. The minimum absolute atomic E-state index is 0.126. The van der Waals surface area contributed by atoms with Crippen LogP contribution in [0.1, 0.15) is 22.5 Å². The second-order valence-electron chi connectivity index (χ2n) is 8.92. The highest BCUT2D eigenvalue weighted by Gasteiger charge is 2.26. The van der Waals surface area contributed by atoms with Gasteiger partial charge in [-0.15, -0.1) is 0 Å². The Bertz CT molecular complexity index is 1590. The van der Waals surface area contributed by atoms with Gasteiger partial charge in [-0.1, -0.05) is 77.8 Å². The summed E-state index contributed by atoms with van der Waals surface area (Å²) in [5.74, 6) is -0.550. The largest absolute Gasteiger partial charge is 0.316 e. The molecule has 7 nitrogen and oxygen atoms in total. The second kappa shape index (κ2) is 12.6. The van der Waals surface area contributed by atoms with E-state index in [1.807, 2.05) is 66.9 Å². The number of aryl methyl sites for hydroxylation is 1. The monoisotopic (exact) mass is 582 g/mol. The quantitative estimate of drug-likeness (QED) is 0.190. The van der Waals surface area contributed by atoms with Gasteiger partial charge >= 0.3 is 0 Å². The topological polar surface area (TPSA) is 83.8 Å². The van der Waals surface area contributed by atoms with Crippen molar-refractivity contribution >= 4 is 45.3 Å². The molecule has 4 aromatic rings. The average Bonchev–Trinajstić information content (AvgIpc) is 3.21. The highest BCUT2D eigenvalue weighted by Crippen LogP contribution is 2.31. The zero-order valence-electron chi connectivity index (χ0n) is 21.5. The number of benzene rings is 3. The Morgan fingerprint density at radius 2 is 1.64 bits per heavy atom. The molecule has 0 fully saturated rings. The van der Waals surface area contributed by atoms with Crippen LogP contribution in [-0.2, 0) is 21.2 Å². The van der Waals surface area contributed by atoms with Crippen LogP contribution in [0.25, 0.3) is 5.69 Å². The lowest BCUT2D eigenvalue weighted by molar-refractivity contribution is -0.121. The van der Waals surface area contributed by atoms with Crippen molar-refractivity contribution in [3.63, 3.8) is 0 Å². The first-order valence-electron chi connectivity index (χ1n) is 12.2. The molecule has 3 aromatic carbocycles. The number of aromatic nitrogens is 1. The predicted octanol–water partition coefficient (Wildman–Crippen LogP) is 5.78. The molecule has 10 heteroatoms. The summed E-state index contributed by atoms with van der Waals surface area (Å²) >= 11 is 12.6. The zero-order chi connectivity index (χ0) is 28.0. The minimum atomic E-state index is -3.90. The van der Waals surface area contributed by atoms with Gasteiger partial charge in [0.15, 0.2) is 0 Å². The summed E-state index contributed by atoms with van der Waals surface area (Å²) in [6, 6.07) is 24.9. The highest BCUT2D eigenvalue weighted by atomic mass is 35.5. The van der Waals surface area contributed by atoms with E-state index in [2.05, 4.69) is 10.5 Å². The highest BCUT2D eigenvalue weighted by molar-refractivity contribution is 7.89. The molecule has 0 spiro atoms. The number of carbonyl (C=O) groups excluding carboxylic acids is 1. The maximum absolute atomic E-state index is 13.3. The van der Waals surface area contributed by atoms with Gasteiger partial charge in [-0.2, -0.15) is 9.41 Å². The van der Waals surface area contributed by atoms with Gasteiger partial charge in [0.1, 0.15) is 0 Å². The van der Waals surface area contributed by atoms with Crippen LogP contribution < -0.4 is 5.43 Å². The van der Waals surface area contributed by atoms with Gasteiger partial charge in [0.05, 0.1) is 33.4 Å². The van der Waals surface area contributed by atoms with E-state index >= 15 is 0 Å². The number of hydrazone groups is 1. The van der Waals surface area contributed by atoms with Crippen molar-refractivity contribution in [3.05, 3.63) is 117 Å². The number of nitrogens with zero attached hydrogens (tertiary/aromatic N) is 3. The number of halogens is 2. The fourth-order valence-corrected chi connectivity index (χ4v) is 6.05. The molecular formula is C29H28Cl2N4O3S. The molecule has 0 saturated carbocycles. The summed E-state index contributed by atoms with van der Waals surface area (Å²) in [4.78, 5) is 13.0. The van der Waals surface area contributed by atoms with Crippen LogP contribution in [0.4, 0.5) is 0 Å². The van der Waals surface area contributed by atoms with Gasteiger partial charge in [-0.3, -0.25) is 4.79 Å². The maximum Gasteiger partial charge on any atom is 0.255 e. The first kappa shape index (κ1) is 28.6. The molecule has 4 rings (SSSR count). The van der Waals surface area contributed by atoms with Gasteiger partial charge in [0, 0.05) is 23.5 Å². The second-order valence-corrected chi connectivity index (χ2v) is 11.6. The molecule has 202 valence electrons. The Morgan fingerprint density at radius 3 is 2.33 bits per heavy atom. The Kier molecular flexibility index (Phi) is 9.24. The van der Waals surface area contributed by atoms with Crippen LogP contribution in [0.3, 0.4) is 0 Å². The summed E-state index contributed by atoms with van der Waals surface area (Å²) < 4.78 is 29.8. The Morgan fingerprint density at radius 1 is 0.974 bits per heavy atom. The number of hydrogen-bond donors (Lipinski definition) is 1. The van der Waals surface area contributed by atoms with Crippen LogP contribution in [0, 0.1) is 13.8 Å². The summed E-state index contributed by atoms with van der Waals surface area (Å²) in [6.45, 7) is 3.60. The fraction of sp³-hybridized carbons (Fsp3) is 0.172. The van der Waals surface area contributed by atoms with Gasteiger partial charge in [0.2, 0.25) is 10.0 Å². The maximum atomic E-state index is 13.3. The van der Waals surface area contributed by atoms with E-state index in [4.69, 9.17) is 23.2 Å². The summed E-state index contributed by atoms with van der Waals surface area (Å²) in [7, 11) is -3.90. The molecular weight excluding hydrogens is 555 g/mol. The molecule has 0 aliphatic heterocycles. The van der Waals surface area contributed by atoms with Crippen molar-refractivity contribution in [2.24, 2.45) is 5.10 Å². The molecule has 0 saturated heterocycles. The van der Waals surface area contributed by atoms with E-state index in [-0.39, 0.29) is 18.0 Å². The van der Waals surface area contributed by atoms with E-state index < -0.39 is 15.9 Å². The van der Waals surface area contributed by atoms with Crippen molar-refractivity contribution in [3.8, 4) is 5.69 Å². The number of nitrogens with one attached hydrogen (secondary N) is 1. The third kappa shape index (κ3) is 6.78. The van der Waals surface area contributed by atoms with Crippen molar-refractivity contribution in [1.82, 2.24) is 14.3 Å². The van der Waals surface area contributed by atoms with Crippen molar-refractivity contribution < 1.29 is 13.2 Å². The number of amides is 1. The van der Waals surface area contributed by atoms with E-state index in [9.17, 15) is 13.2 Å². The normalized spacial score (nSPS) is 11.8. The number of hydrogen-bond acceptors (Lipinski definition) is 4.